The number of hydrogen-bond acceptors (Lipinski definition) is 5. The van der Waals surface area contributed by atoms with Crippen LogP contribution in [0.25, 0.3) is 22.4 Å². The zero-order valence-corrected chi connectivity index (χ0v) is 19.3. The summed E-state index contributed by atoms with van der Waals surface area (Å²) in [6, 6.07) is 12.3. The third-order valence-electron chi connectivity index (χ3n) is 8.31. The van der Waals surface area contributed by atoms with Crippen LogP contribution in [-0.2, 0) is 11.8 Å². The van der Waals surface area contributed by atoms with Crippen molar-refractivity contribution in [1.29, 1.82) is 0 Å². The highest BCUT2D eigenvalue weighted by Crippen LogP contribution is 2.56. The van der Waals surface area contributed by atoms with Gasteiger partial charge in [0.25, 0.3) is 5.91 Å². The van der Waals surface area contributed by atoms with Crippen molar-refractivity contribution < 1.29 is 9.32 Å². The maximum atomic E-state index is 13.7. The molecule has 3 heterocycles. The molecule has 2 aliphatic rings. The van der Waals surface area contributed by atoms with E-state index in [1.807, 2.05) is 18.2 Å². The Morgan fingerprint density at radius 1 is 1.18 bits per heavy atom. The van der Waals surface area contributed by atoms with E-state index in [4.69, 9.17) is 4.52 Å². The molecular formula is C26H27N5O2. The number of hydrogen-bond donors (Lipinski definition) is 1. The Hall–Kier alpha value is -3.48. The van der Waals surface area contributed by atoms with Crippen LogP contribution in [0.3, 0.4) is 0 Å². The van der Waals surface area contributed by atoms with Gasteiger partial charge in [0.1, 0.15) is 0 Å². The molecule has 2 aromatic heterocycles. The van der Waals surface area contributed by atoms with Gasteiger partial charge < -0.3 is 14.4 Å². The van der Waals surface area contributed by atoms with Gasteiger partial charge in [-0.2, -0.15) is 4.98 Å². The number of aromatic nitrogens is 4. The lowest BCUT2D eigenvalue weighted by atomic mass is 9.51. The highest BCUT2D eigenvalue weighted by atomic mass is 16.5. The lowest BCUT2D eigenvalue weighted by Crippen LogP contribution is -2.64. The first-order chi connectivity index (χ1) is 15.8. The number of benzene rings is 2. The highest BCUT2D eigenvalue weighted by Gasteiger charge is 2.56. The van der Waals surface area contributed by atoms with E-state index in [1.54, 1.807) is 13.3 Å². The minimum absolute atomic E-state index is 0.0267. The summed E-state index contributed by atoms with van der Waals surface area (Å²) in [5, 5.41) is 4.10. The molecule has 1 saturated heterocycles. The fourth-order valence-electron chi connectivity index (χ4n) is 5.97. The molecule has 0 saturated carbocycles. The van der Waals surface area contributed by atoms with Crippen LogP contribution in [0, 0.1) is 12.3 Å². The van der Waals surface area contributed by atoms with Gasteiger partial charge >= 0.3 is 0 Å². The van der Waals surface area contributed by atoms with Gasteiger partial charge in [0.2, 0.25) is 11.7 Å². The number of piperidine rings is 1. The van der Waals surface area contributed by atoms with Crippen LogP contribution in [0.4, 0.5) is 0 Å². The smallest absolute Gasteiger partial charge is 0.254 e. The number of nitrogens with zero attached hydrogens (tertiary/aromatic N) is 4. The van der Waals surface area contributed by atoms with Crippen LogP contribution in [0.15, 0.2) is 47.2 Å². The lowest BCUT2D eigenvalue weighted by molar-refractivity contribution is -0.0261. The Labute approximate surface area is 192 Å². The molecule has 1 N–H and O–H groups in total. The van der Waals surface area contributed by atoms with Gasteiger partial charge in [-0.3, -0.25) is 4.79 Å². The summed E-state index contributed by atoms with van der Waals surface area (Å²) < 4.78 is 5.19. The number of carbonyl (C=O) groups excluding carboxylic acids is 1. The molecule has 0 spiro atoms. The molecule has 7 nitrogen and oxygen atoms in total. The molecule has 2 aromatic carbocycles. The van der Waals surface area contributed by atoms with Gasteiger partial charge in [-0.05, 0) is 53.6 Å². The predicted octanol–water partition coefficient (Wildman–Crippen LogP) is 4.68. The maximum Gasteiger partial charge on any atom is 0.254 e. The first-order valence-corrected chi connectivity index (χ1v) is 11.5. The average Bonchev–Trinajstić information content (AvgIpc) is 3.44. The highest BCUT2D eigenvalue weighted by molar-refractivity contribution is 5.97. The molecule has 1 amide bonds. The first kappa shape index (κ1) is 20.1. The molecule has 2 unspecified atom stereocenters. The SMILES string of the molecule is Cc1nc(-c2ccc3c(c2)CC2N(C(=O)c4ccc5nc[nH]c5c4)CCC3(C)C2(C)C)no1. The fraction of sp³-hybridized carbons (Fsp3) is 0.385. The number of amides is 1. The van der Waals surface area contributed by atoms with Crippen molar-refractivity contribution in [3.05, 3.63) is 65.3 Å². The molecule has 1 aliphatic carbocycles. The number of fused-ring (bicyclic) bond motifs is 5. The number of H-pyrrole nitrogens is 1. The molecule has 7 heteroatoms. The van der Waals surface area contributed by atoms with Crippen molar-refractivity contribution in [3.63, 3.8) is 0 Å². The van der Waals surface area contributed by atoms with Crippen molar-refractivity contribution in [1.82, 2.24) is 25.0 Å². The largest absolute Gasteiger partial charge is 0.345 e. The zero-order chi connectivity index (χ0) is 23.0. The topological polar surface area (TPSA) is 87.9 Å². The first-order valence-electron chi connectivity index (χ1n) is 11.5. The summed E-state index contributed by atoms with van der Waals surface area (Å²) in [4.78, 5) is 27.6. The molecule has 6 rings (SSSR count). The summed E-state index contributed by atoms with van der Waals surface area (Å²) in [5.74, 6) is 1.25. The fourth-order valence-corrected chi connectivity index (χ4v) is 5.97. The summed E-state index contributed by atoms with van der Waals surface area (Å²) >= 11 is 0. The van der Waals surface area contributed by atoms with Gasteiger partial charge in [-0.15, -0.1) is 0 Å². The molecule has 2 atom stereocenters. The van der Waals surface area contributed by atoms with E-state index in [1.165, 1.54) is 11.1 Å². The van der Waals surface area contributed by atoms with E-state index >= 15 is 0 Å². The van der Waals surface area contributed by atoms with Crippen molar-refractivity contribution in [2.75, 3.05) is 6.54 Å². The summed E-state index contributed by atoms with van der Waals surface area (Å²) in [6.07, 6.45) is 3.39. The van der Waals surface area contributed by atoms with E-state index in [2.05, 4.69) is 64.0 Å². The molecule has 2 bridgehead atoms. The number of imidazole rings is 1. The van der Waals surface area contributed by atoms with Crippen molar-refractivity contribution >= 4 is 16.9 Å². The molecule has 168 valence electrons. The van der Waals surface area contributed by atoms with Gasteiger partial charge in [0.05, 0.1) is 17.4 Å². The van der Waals surface area contributed by atoms with Crippen molar-refractivity contribution in [2.45, 2.75) is 52.0 Å². The van der Waals surface area contributed by atoms with Crippen molar-refractivity contribution in [3.8, 4) is 11.4 Å². The molecule has 33 heavy (non-hydrogen) atoms. The van der Waals surface area contributed by atoms with Crippen LogP contribution < -0.4 is 0 Å². The molecular weight excluding hydrogens is 414 g/mol. The third kappa shape index (κ3) is 2.81. The third-order valence-corrected chi connectivity index (χ3v) is 8.31. The second-order valence-corrected chi connectivity index (χ2v) is 10.2. The molecule has 1 aliphatic heterocycles. The normalized spacial score (nSPS) is 23.5. The van der Waals surface area contributed by atoms with Crippen molar-refractivity contribution in [2.24, 2.45) is 5.41 Å². The van der Waals surface area contributed by atoms with E-state index in [0.717, 1.165) is 36.0 Å². The van der Waals surface area contributed by atoms with E-state index < -0.39 is 0 Å². The second kappa shape index (κ2) is 6.76. The lowest BCUT2D eigenvalue weighted by Gasteiger charge is -2.60. The molecule has 1 fully saturated rings. The van der Waals surface area contributed by atoms with E-state index in [0.29, 0.717) is 17.3 Å². The van der Waals surface area contributed by atoms with Gasteiger partial charge in [-0.1, -0.05) is 38.1 Å². The predicted molar refractivity (Wildman–Crippen MR) is 125 cm³/mol. The van der Waals surface area contributed by atoms with E-state index in [9.17, 15) is 4.79 Å². The summed E-state index contributed by atoms with van der Waals surface area (Å²) in [7, 11) is 0. The Balaban J connectivity index is 1.40. The number of carbonyl (C=O) groups is 1. The Kier molecular flexibility index (Phi) is 4.13. The Morgan fingerprint density at radius 2 is 2.03 bits per heavy atom. The Morgan fingerprint density at radius 3 is 2.82 bits per heavy atom. The van der Waals surface area contributed by atoms with Crippen LogP contribution in [0.5, 0.6) is 0 Å². The Bertz CT molecular complexity index is 1400. The van der Waals surface area contributed by atoms with E-state index in [-0.39, 0.29) is 22.8 Å². The minimum Gasteiger partial charge on any atom is -0.345 e. The second-order valence-electron chi connectivity index (χ2n) is 10.2. The van der Waals surface area contributed by atoms with Gasteiger partial charge in [0.15, 0.2) is 0 Å². The van der Waals surface area contributed by atoms with Gasteiger partial charge in [0, 0.05) is 36.1 Å². The number of nitrogens with one attached hydrogen (secondary N) is 1. The monoisotopic (exact) mass is 441 g/mol. The number of aromatic amines is 1. The number of rotatable bonds is 2. The number of aryl methyl sites for hydroxylation is 1. The van der Waals surface area contributed by atoms with Crippen LogP contribution in [0.1, 0.15) is 54.6 Å². The summed E-state index contributed by atoms with van der Waals surface area (Å²) in [6.45, 7) is 9.53. The summed E-state index contributed by atoms with van der Waals surface area (Å²) in [5.41, 5.74) is 5.95. The average molecular weight is 442 g/mol. The van der Waals surface area contributed by atoms with Crippen LogP contribution in [0.2, 0.25) is 0 Å². The quantitative estimate of drug-likeness (QED) is 0.488. The molecule has 0 radical (unpaired) electrons. The van der Waals surface area contributed by atoms with Crippen LogP contribution in [-0.4, -0.2) is 43.5 Å². The van der Waals surface area contributed by atoms with Crippen LogP contribution >= 0.6 is 0 Å². The minimum atomic E-state index is -0.0732. The standard InChI is InChI=1S/C26H27N5O2/c1-15-29-23(30-33-15)16-5-7-19-18(11-16)13-22-25(2,3)26(19,4)9-10-31(22)24(32)17-6-8-20-21(12-17)28-14-27-20/h5-8,11-12,14,22H,9-10,13H2,1-4H3,(H,27,28). The maximum absolute atomic E-state index is 13.7. The number of likely N-dealkylation sites (tertiary alicyclic amines) is 1. The molecule has 4 aromatic rings. The zero-order valence-electron chi connectivity index (χ0n) is 19.3. The van der Waals surface area contributed by atoms with Gasteiger partial charge in [-0.25, -0.2) is 4.98 Å².